The molecule has 0 atom stereocenters. The van der Waals surface area contributed by atoms with E-state index >= 15 is 0 Å². The molecular formula is C24H30N4O4S2. The van der Waals surface area contributed by atoms with Crippen molar-refractivity contribution in [3.05, 3.63) is 53.8 Å². The van der Waals surface area contributed by atoms with E-state index in [4.69, 9.17) is 4.52 Å². The van der Waals surface area contributed by atoms with Gasteiger partial charge in [0.15, 0.2) is 0 Å². The molecule has 10 heteroatoms. The van der Waals surface area contributed by atoms with Crippen LogP contribution in [0.3, 0.4) is 0 Å². The Morgan fingerprint density at radius 2 is 1.82 bits per heavy atom. The number of benzene rings is 1. The summed E-state index contributed by atoms with van der Waals surface area (Å²) in [6.07, 6.45) is 3.83. The molecule has 0 unspecified atom stereocenters. The van der Waals surface area contributed by atoms with Gasteiger partial charge in [-0.2, -0.15) is 4.31 Å². The highest BCUT2D eigenvalue weighted by atomic mass is 32.2. The number of nitrogens with zero attached hydrogens (tertiary/aromatic N) is 3. The Morgan fingerprint density at radius 3 is 2.50 bits per heavy atom. The molecule has 8 nitrogen and oxygen atoms in total. The number of sulfonamides is 1. The fourth-order valence-electron chi connectivity index (χ4n) is 4.19. The molecule has 1 fully saturated rings. The number of hydrogen-bond acceptors (Lipinski definition) is 7. The molecule has 0 aliphatic carbocycles. The van der Waals surface area contributed by atoms with Crippen molar-refractivity contribution in [1.29, 1.82) is 0 Å². The number of para-hydroxylation sites is 1. The maximum Gasteiger partial charge on any atom is 0.252 e. The lowest BCUT2D eigenvalue weighted by atomic mass is 10.0. The molecule has 34 heavy (non-hydrogen) atoms. The quantitative estimate of drug-likeness (QED) is 0.503. The summed E-state index contributed by atoms with van der Waals surface area (Å²) in [4.78, 5) is 15.6. The number of aromatic nitrogens is 1. The van der Waals surface area contributed by atoms with E-state index in [1.807, 2.05) is 23.1 Å². The van der Waals surface area contributed by atoms with Gasteiger partial charge in [-0.3, -0.25) is 9.69 Å². The number of aryl methyl sites for hydroxylation is 2. The predicted molar refractivity (Wildman–Crippen MR) is 133 cm³/mol. The summed E-state index contributed by atoms with van der Waals surface area (Å²) < 4.78 is 33.1. The number of amides is 1. The van der Waals surface area contributed by atoms with Crippen molar-refractivity contribution < 1.29 is 17.7 Å². The summed E-state index contributed by atoms with van der Waals surface area (Å²) in [7, 11) is -3.61. The molecular weight excluding hydrogens is 472 g/mol. The monoisotopic (exact) mass is 502 g/mol. The van der Waals surface area contributed by atoms with Crippen molar-refractivity contribution in [3.8, 4) is 10.6 Å². The number of hydrogen-bond donors (Lipinski definition) is 1. The SMILES string of the molecule is CCc1cccc(CC)c1NC(=O)CN1CCCN(S(=O)(=O)c2ccc(-c3ccon3)s2)CC1. The molecule has 182 valence electrons. The number of carbonyl (C=O) groups is 1. The Morgan fingerprint density at radius 1 is 1.06 bits per heavy atom. The van der Waals surface area contributed by atoms with E-state index in [1.165, 1.54) is 21.9 Å². The second-order valence-corrected chi connectivity index (χ2v) is 11.5. The van der Waals surface area contributed by atoms with Gasteiger partial charge in [0.1, 0.15) is 16.2 Å². The predicted octanol–water partition coefficient (Wildman–Crippen LogP) is 3.86. The minimum atomic E-state index is -3.61. The zero-order valence-corrected chi connectivity index (χ0v) is 21.1. The Kier molecular flexibility index (Phi) is 7.82. The molecule has 3 heterocycles. The van der Waals surface area contributed by atoms with Crippen molar-refractivity contribution in [2.24, 2.45) is 0 Å². The van der Waals surface area contributed by atoms with Crippen molar-refractivity contribution in [3.63, 3.8) is 0 Å². The van der Waals surface area contributed by atoms with Gasteiger partial charge in [-0.15, -0.1) is 11.3 Å². The van der Waals surface area contributed by atoms with Crippen molar-refractivity contribution in [1.82, 2.24) is 14.4 Å². The van der Waals surface area contributed by atoms with Crippen LogP contribution >= 0.6 is 11.3 Å². The van der Waals surface area contributed by atoms with E-state index < -0.39 is 10.0 Å². The lowest BCUT2D eigenvalue weighted by Crippen LogP contribution is -2.38. The second-order valence-electron chi connectivity index (χ2n) is 8.24. The lowest BCUT2D eigenvalue weighted by molar-refractivity contribution is -0.117. The number of thiophene rings is 1. The number of anilines is 1. The zero-order chi connectivity index (χ0) is 24.1. The first-order valence-corrected chi connectivity index (χ1v) is 13.8. The van der Waals surface area contributed by atoms with Crippen LogP contribution in [0.25, 0.3) is 10.6 Å². The first-order valence-electron chi connectivity index (χ1n) is 11.6. The van der Waals surface area contributed by atoms with Crippen LogP contribution in [0.5, 0.6) is 0 Å². The summed E-state index contributed by atoms with van der Waals surface area (Å²) in [5, 5.41) is 6.99. The zero-order valence-electron chi connectivity index (χ0n) is 19.5. The Labute approximate surface area is 204 Å². The number of rotatable bonds is 8. The fourth-order valence-corrected chi connectivity index (χ4v) is 7.09. The summed E-state index contributed by atoms with van der Waals surface area (Å²) >= 11 is 1.19. The van der Waals surface area contributed by atoms with E-state index in [0.717, 1.165) is 34.5 Å². The third kappa shape index (κ3) is 5.41. The van der Waals surface area contributed by atoms with E-state index in [-0.39, 0.29) is 12.5 Å². The standard InChI is InChI=1S/C24H30N4O4S2/c1-3-18-7-5-8-19(4-2)24(18)25-22(29)17-27-12-6-13-28(15-14-27)34(30,31)23-10-9-21(33-23)20-11-16-32-26-20/h5,7-11,16H,3-4,6,12-15,17H2,1-2H3,(H,25,29). The van der Waals surface area contributed by atoms with Gasteiger partial charge < -0.3 is 9.84 Å². The molecule has 0 radical (unpaired) electrons. The minimum absolute atomic E-state index is 0.0672. The molecule has 1 aromatic carbocycles. The molecule has 1 aliphatic heterocycles. The second kappa shape index (κ2) is 10.8. The van der Waals surface area contributed by atoms with E-state index in [1.54, 1.807) is 18.2 Å². The van der Waals surface area contributed by atoms with Crippen LogP contribution in [0.2, 0.25) is 0 Å². The highest BCUT2D eigenvalue weighted by Gasteiger charge is 2.29. The van der Waals surface area contributed by atoms with Gasteiger partial charge >= 0.3 is 0 Å². The molecule has 0 bridgehead atoms. The normalized spacial score (nSPS) is 15.8. The van der Waals surface area contributed by atoms with Gasteiger partial charge in [-0.1, -0.05) is 37.2 Å². The van der Waals surface area contributed by atoms with Crippen LogP contribution in [0, 0.1) is 0 Å². The summed E-state index contributed by atoms with van der Waals surface area (Å²) in [5.74, 6) is -0.0672. The molecule has 1 amide bonds. The van der Waals surface area contributed by atoms with E-state index in [2.05, 4.69) is 24.3 Å². The van der Waals surface area contributed by atoms with Gasteiger partial charge in [0.05, 0.1) is 11.4 Å². The van der Waals surface area contributed by atoms with Crippen LogP contribution in [0.4, 0.5) is 5.69 Å². The molecule has 4 rings (SSSR count). The Balaban J connectivity index is 1.38. The maximum atomic E-state index is 13.2. The van der Waals surface area contributed by atoms with Crippen molar-refractivity contribution in [2.75, 3.05) is 38.0 Å². The minimum Gasteiger partial charge on any atom is -0.364 e. The highest BCUT2D eigenvalue weighted by Crippen LogP contribution is 2.31. The number of nitrogens with one attached hydrogen (secondary N) is 1. The smallest absolute Gasteiger partial charge is 0.252 e. The Hall–Kier alpha value is -2.53. The highest BCUT2D eigenvalue weighted by molar-refractivity contribution is 7.91. The third-order valence-corrected chi connectivity index (χ3v) is 9.52. The topological polar surface area (TPSA) is 95.8 Å². The first-order chi connectivity index (χ1) is 16.4. The molecule has 0 saturated carbocycles. The van der Waals surface area contributed by atoms with E-state index in [9.17, 15) is 13.2 Å². The summed E-state index contributed by atoms with van der Waals surface area (Å²) in [6.45, 7) is 6.35. The van der Waals surface area contributed by atoms with Crippen LogP contribution in [-0.2, 0) is 27.7 Å². The van der Waals surface area contributed by atoms with Gasteiger partial charge in [0, 0.05) is 31.4 Å². The van der Waals surface area contributed by atoms with Crippen LogP contribution < -0.4 is 5.32 Å². The molecule has 1 N–H and O–H groups in total. The van der Waals surface area contributed by atoms with E-state index in [0.29, 0.717) is 42.5 Å². The van der Waals surface area contributed by atoms with Gasteiger partial charge in [-0.05, 0) is 49.1 Å². The first kappa shape index (κ1) is 24.6. The molecule has 1 aliphatic rings. The lowest BCUT2D eigenvalue weighted by Gasteiger charge is -2.21. The van der Waals surface area contributed by atoms with Gasteiger partial charge in [-0.25, -0.2) is 8.42 Å². The maximum absolute atomic E-state index is 13.2. The van der Waals surface area contributed by atoms with Crippen molar-refractivity contribution >= 4 is 33.0 Å². The molecule has 2 aromatic heterocycles. The largest absolute Gasteiger partial charge is 0.364 e. The molecule has 0 spiro atoms. The molecule has 3 aromatic rings. The third-order valence-electron chi connectivity index (χ3n) is 6.04. The van der Waals surface area contributed by atoms with Crippen LogP contribution in [0.1, 0.15) is 31.4 Å². The summed E-state index contributed by atoms with van der Waals surface area (Å²) in [5.41, 5.74) is 3.79. The van der Waals surface area contributed by atoms with Gasteiger partial charge in [0.2, 0.25) is 5.91 Å². The molecule has 1 saturated heterocycles. The summed E-state index contributed by atoms with van der Waals surface area (Å²) in [6, 6.07) is 11.2. The average Bonchev–Trinajstić information content (AvgIpc) is 3.48. The van der Waals surface area contributed by atoms with Crippen LogP contribution in [0.15, 0.2) is 51.4 Å². The van der Waals surface area contributed by atoms with Gasteiger partial charge in [0.25, 0.3) is 10.0 Å². The van der Waals surface area contributed by atoms with Crippen LogP contribution in [-0.4, -0.2) is 61.4 Å². The Bertz CT molecular complexity index is 1200. The number of carbonyl (C=O) groups excluding carboxylic acids is 1. The average molecular weight is 503 g/mol. The fraction of sp³-hybridized carbons (Fsp3) is 0.417. The van der Waals surface area contributed by atoms with Crippen molar-refractivity contribution in [2.45, 2.75) is 37.3 Å².